The minimum absolute atomic E-state index is 0.0530. The molecule has 1 aliphatic heterocycles. The number of ether oxygens (including phenoxy) is 1. The lowest BCUT2D eigenvalue weighted by molar-refractivity contribution is -0.149. The molecule has 1 aliphatic carbocycles. The van der Waals surface area contributed by atoms with Crippen molar-refractivity contribution < 1.29 is 14.1 Å². The highest BCUT2D eigenvalue weighted by atomic mass is 16.5. The number of carbonyl (C=O) groups is 1. The van der Waals surface area contributed by atoms with Gasteiger partial charge >= 0.3 is 5.97 Å². The molecule has 1 aromatic rings. The lowest BCUT2D eigenvalue weighted by Gasteiger charge is -2.29. The van der Waals surface area contributed by atoms with E-state index in [1.54, 1.807) is 0 Å². The van der Waals surface area contributed by atoms with Crippen LogP contribution in [0.15, 0.2) is 4.52 Å². The van der Waals surface area contributed by atoms with Crippen LogP contribution in [-0.4, -0.2) is 40.7 Å². The van der Waals surface area contributed by atoms with E-state index in [9.17, 15) is 4.79 Å². The Morgan fingerprint density at radius 3 is 2.75 bits per heavy atom. The number of hydrogen-bond acceptors (Lipinski definition) is 6. The maximum absolute atomic E-state index is 11.7. The summed E-state index contributed by atoms with van der Waals surface area (Å²) in [6, 6.07) is 0. The van der Waals surface area contributed by atoms with Crippen LogP contribution in [0.25, 0.3) is 0 Å². The third-order valence-corrected chi connectivity index (χ3v) is 3.98. The van der Waals surface area contributed by atoms with Crippen molar-refractivity contribution >= 4 is 5.97 Å². The maximum atomic E-state index is 11.7. The molecule has 0 N–H and O–H groups in total. The zero-order valence-corrected chi connectivity index (χ0v) is 11.9. The first-order valence-electron chi connectivity index (χ1n) is 7.47. The van der Waals surface area contributed by atoms with E-state index < -0.39 is 0 Å². The molecule has 6 heteroatoms. The zero-order chi connectivity index (χ0) is 13.9. The molecular formula is C14H21N3O3. The normalized spacial score (nSPS) is 21.1. The van der Waals surface area contributed by atoms with Gasteiger partial charge < -0.3 is 9.26 Å². The summed E-state index contributed by atoms with van der Waals surface area (Å²) in [5, 5.41) is 4.04. The van der Waals surface area contributed by atoms with Crippen LogP contribution in [0.1, 0.15) is 50.2 Å². The predicted octanol–water partition coefficient (Wildman–Crippen LogP) is 1.72. The van der Waals surface area contributed by atoms with Crippen molar-refractivity contribution in [2.45, 2.75) is 45.1 Å². The molecule has 1 aromatic heterocycles. The van der Waals surface area contributed by atoms with E-state index in [0.29, 0.717) is 19.1 Å². The molecule has 20 heavy (non-hydrogen) atoms. The maximum Gasteiger partial charge on any atom is 0.309 e. The van der Waals surface area contributed by atoms with Gasteiger partial charge in [0.2, 0.25) is 5.89 Å². The molecule has 0 amide bonds. The molecule has 3 rings (SSSR count). The minimum Gasteiger partial charge on any atom is -0.466 e. The Kier molecular flexibility index (Phi) is 4.00. The number of piperidine rings is 1. The van der Waals surface area contributed by atoms with Crippen molar-refractivity contribution in [3.8, 4) is 0 Å². The topological polar surface area (TPSA) is 68.5 Å². The van der Waals surface area contributed by atoms with Crippen molar-refractivity contribution in [1.82, 2.24) is 15.0 Å². The second-order valence-corrected chi connectivity index (χ2v) is 5.63. The van der Waals surface area contributed by atoms with E-state index in [1.165, 1.54) is 12.8 Å². The van der Waals surface area contributed by atoms with Crippen LogP contribution in [0.4, 0.5) is 0 Å². The molecule has 0 radical (unpaired) electrons. The number of hydrogen-bond donors (Lipinski definition) is 0. The van der Waals surface area contributed by atoms with Gasteiger partial charge in [0.25, 0.3) is 0 Å². The van der Waals surface area contributed by atoms with Crippen molar-refractivity contribution in [2.24, 2.45) is 5.92 Å². The second-order valence-electron chi connectivity index (χ2n) is 5.63. The molecule has 0 atom stereocenters. The highest BCUT2D eigenvalue weighted by molar-refractivity contribution is 5.72. The smallest absolute Gasteiger partial charge is 0.309 e. The molecule has 2 fully saturated rings. The average molecular weight is 279 g/mol. The molecule has 2 heterocycles. The third kappa shape index (κ3) is 3.17. The summed E-state index contributed by atoms with van der Waals surface area (Å²) in [5.41, 5.74) is 0. The Bertz CT molecular complexity index is 462. The van der Waals surface area contributed by atoms with Crippen molar-refractivity contribution in [1.29, 1.82) is 0 Å². The number of aromatic nitrogens is 2. The van der Waals surface area contributed by atoms with Crippen molar-refractivity contribution in [3.63, 3.8) is 0 Å². The summed E-state index contributed by atoms with van der Waals surface area (Å²) in [6.45, 7) is 4.80. The predicted molar refractivity (Wildman–Crippen MR) is 70.9 cm³/mol. The Morgan fingerprint density at radius 1 is 1.35 bits per heavy atom. The SMILES string of the molecule is CCOC(=O)C1CCN(Cc2noc(C3CC3)n2)CC1. The Labute approximate surface area is 118 Å². The molecule has 1 saturated heterocycles. The van der Waals surface area contributed by atoms with Gasteiger partial charge in [-0.25, -0.2) is 0 Å². The summed E-state index contributed by atoms with van der Waals surface area (Å²) in [6.07, 6.45) is 4.05. The Hall–Kier alpha value is -1.43. The van der Waals surface area contributed by atoms with Crippen LogP contribution < -0.4 is 0 Å². The first-order valence-corrected chi connectivity index (χ1v) is 7.47. The van der Waals surface area contributed by atoms with Gasteiger partial charge in [0.05, 0.1) is 19.1 Å². The lowest BCUT2D eigenvalue weighted by atomic mass is 9.97. The van der Waals surface area contributed by atoms with E-state index >= 15 is 0 Å². The highest BCUT2D eigenvalue weighted by Gasteiger charge is 2.30. The molecule has 0 aromatic carbocycles. The minimum atomic E-state index is -0.0530. The van der Waals surface area contributed by atoms with Crippen LogP contribution in [0, 0.1) is 5.92 Å². The highest BCUT2D eigenvalue weighted by Crippen LogP contribution is 2.38. The standard InChI is InChI=1S/C14H21N3O3/c1-2-19-14(18)11-5-7-17(8-6-11)9-12-15-13(20-16-12)10-3-4-10/h10-11H,2-9H2,1H3. The first kappa shape index (κ1) is 13.5. The van der Waals surface area contributed by atoms with E-state index in [2.05, 4.69) is 15.0 Å². The van der Waals surface area contributed by atoms with Crippen LogP contribution in [0.3, 0.4) is 0 Å². The summed E-state index contributed by atoms with van der Waals surface area (Å²) in [4.78, 5) is 18.4. The van der Waals surface area contributed by atoms with Gasteiger partial charge in [-0.3, -0.25) is 9.69 Å². The monoisotopic (exact) mass is 279 g/mol. The molecule has 0 unspecified atom stereocenters. The molecule has 110 valence electrons. The van der Waals surface area contributed by atoms with Crippen molar-refractivity contribution in [3.05, 3.63) is 11.7 Å². The van der Waals surface area contributed by atoms with Crippen LogP contribution in [-0.2, 0) is 16.1 Å². The number of likely N-dealkylation sites (tertiary alicyclic amines) is 1. The fourth-order valence-electron chi connectivity index (χ4n) is 2.61. The van der Waals surface area contributed by atoms with Crippen LogP contribution >= 0.6 is 0 Å². The van der Waals surface area contributed by atoms with Crippen molar-refractivity contribution in [2.75, 3.05) is 19.7 Å². The van der Waals surface area contributed by atoms with Gasteiger partial charge in [-0.05, 0) is 45.7 Å². The number of nitrogens with zero attached hydrogens (tertiary/aromatic N) is 3. The summed E-state index contributed by atoms with van der Waals surface area (Å²) in [5.74, 6) is 2.06. The second kappa shape index (κ2) is 5.91. The number of rotatable bonds is 5. The average Bonchev–Trinajstić information content (AvgIpc) is 3.21. The van der Waals surface area contributed by atoms with Crippen LogP contribution in [0.2, 0.25) is 0 Å². The van der Waals surface area contributed by atoms with Gasteiger partial charge in [0, 0.05) is 5.92 Å². The lowest BCUT2D eigenvalue weighted by Crippen LogP contribution is -2.36. The largest absolute Gasteiger partial charge is 0.466 e. The number of carbonyl (C=O) groups excluding carboxylic acids is 1. The van der Waals surface area contributed by atoms with E-state index in [4.69, 9.17) is 9.26 Å². The molecule has 2 aliphatic rings. The molecule has 6 nitrogen and oxygen atoms in total. The fraction of sp³-hybridized carbons (Fsp3) is 0.786. The summed E-state index contributed by atoms with van der Waals surface area (Å²) in [7, 11) is 0. The molecule has 1 saturated carbocycles. The first-order chi connectivity index (χ1) is 9.76. The molecule has 0 spiro atoms. The summed E-state index contributed by atoms with van der Waals surface area (Å²) >= 11 is 0. The Morgan fingerprint density at radius 2 is 2.10 bits per heavy atom. The fourth-order valence-corrected chi connectivity index (χ4v) is 2.61. The van der Waals surface area contributed by atoms with Gasteiger partial charge in [-0.2, -0.15) is 4.98 Å². The zero-order valence-electron chi connectivity index (χ0n) is 11.9. The van der Waals surface area contributed by atoms with Crippen LogP contribution in [0.5, 0.6) is 0 Å². The summed E-state index contributed by atoms with van der Waals surface area (Å²) < 4.78 is 10.3. The quantitative estimate of drug-likeness (QED) is 0.764. The Balaban J connectivity index is 1.46. The van der Waals surface area contributed by atoms with Gasteiger partial charge in [0.1, 0.15) is 0 Å². The molecular weight excluding hydrogens is 258 g/mol. The molecule has 0 bridgehead atoms. The van der Waals surface area contributed by atoms with E-state index in [1.807, 2.05) is 6.92 Å². The van der Waals surface area contributed by atoms with Gasteiger partial charge in [-0.1, -0.05) is 5.16 Å². The van der Waals surface area contributed by atoms with E-state index in [0.717, 1.165) is 37.6 Å². The third-order valence-electron chi connectivity index (χ3n) is 3.98. The van der Waals surface area contributed by atoms with Gasteiger partial charge in [-0.15, -0.1) is 0 Å². The van der Waals surface area contributed by atoms with Gasteiger partial charge in [0.15, 0.2) is 5.82 Å². The number of esters is 1. The van der Waals surface area contributed by atoms with E-state index in [-0.39, 0.29) is 11.9 Å².